The predicted molar refractivity (Wildman–Crippen MR) is 123 cm³/mol. The van der Waals surface area contributed by atoms with Crippen LogP contribution in [-0.4, -0.2) is 15.9 Å². The maximum Gasteiger partial charge on any atom is 0.257 e. The lowest BCUT2D eigenvalue weighted by atomic mass is 9.87. The molecule has 0 unspecified atom stereocenters. The summed E-state index contributed by atoms with van der Waals surface area (Å²) in [5.74, 6) is 0.283. The minimum atomic E-state index is -0.435. The Balaban J connectivity index is 1.42. The van der Waals surface area contributed by atoms with Crippen LogP contribution in [0.15, 0.2) is 83.7 Å². The number of anilines is 1. The standard InChI is InChI=1S/C26H20FN3O3/c27-21-9-5-4-8-18(21)15-33-19-12-10-16(11-13-19)20-14-22(31)28-25-23(20)26(32)30-24(29-25)17-6-2-1-3-7-17/h1-13,20H,14-15H2,(H2,28,29,30,31,32)/t20-/m0/s1. The highest BCUT2D eigenvalue weighted by Crippen LogP contribution is 2.35. The average Bonchev–Trinajstić information content (AvgIpc) is 2.83. The van der Waals surface area contributed by atoms with E-state index in [1.165, 1.54) is 6.07 Å². The Morgan fingerprint density at radius 1 is 0.939 bits per heavy atom. The van der Waals surface area contributed by atoms with Crippen LogP contribution >= 0.6 is 0 Å². The fraction of sp³-hybridized carbons (Fsp3) is 0.115. The van der Waals surface area contributed by atoms with Crippen molar-refractivity contribution in [2.45, 2.75) is 18.9 Å². The molecule has 2 heterocycles. The minimum absolute atomic E-state index is 0.104. The van der Waals surface area contributed by atoms with Crippen LogP contribution in [0.4, 0.5) is 10.2 Å². The van der Waals surface area contributed by atoms with E-state index in [1.807, 2.05) is 42.5 Å². The Bertz CT molecular complexity index is 1370. The summed E-state index contributed by atoms with van der Waals surface area (Å²) >= 11 is 0. The van der Waals surface area contributed by atoms with Crippen molar-refractivity contribution in [3.63, 3.8) is 0 Å². The van der Waals surface area contributed by atoms with Gasteiger partial charge in [-0.05, 0) is 23.8 Å². The van der Waals surface area contributed by atoms with E-state index in [2.05, 4.69) is 15.3 Å². The summed E-state index contributed by atoms with van der Waals surface area (Å²) in [6.45, 7) is 0.104. The van der Waals surface area contributed by atoms with E-state index in [-0.39, 0.29) is 36.1 Å². The zero-order valence-electron chi connectivity index (χ0n) is 17.5. The molecule has 0 aliphatic carbocycles. The van der Waals surface area contributed by atoms with Crippen LogP contribution < -0.4 is 15.6 Å². The first-order valence-corrected chi connectivity index (χ1v) is 10.5. The number of ether oxygens (including phenoxy) is 1. The highest BCUT2D eigenvalue weighted by atomic mass is 19.1. The van der Waals surface area contributed by atoms with Gasteiger partial charge in [0.1, 0.15) is 29.8 Å². The van der Waals surface area contributed by atoms with Gasteiger partial charge in [0.2, 0.25) is 5.91 Å². The van der Waals surface area contributed by atoms with Crippen LogP contribution in [0.1, 0.15) is 29.0 Å². The summed E-state index contributed by atoms with van der Waals surface area (Å²) in [4.78, 5) is 32.8. The quantitative estimate of drug-likeness (QED) is 0.473. The van der Waals surface area contributed by atoms with Crippen LogP contribution in [0, 0.1) is 5.82 Å². The predicted octanol–water partition coefficient (Wildman–Crippen LogP) is 4.63. The number of hydrogen-bond donors (Lipinski definition) is 2. The number of hydrogen-bond acceptors (Lipinski definition) is 4. The molecule has 5 rings (SSSR count). The highest BCUT2D eigenvalue weighted by molar-refractivity contribution is 5.94. The molecule has 0 fully saturated rings. The third kappa shape index (κ3) is 4.25. The number of nitrogens with zero attached hydrogens (tertiary/aromatic N) is 1. The van der Waals surface area contributed by atoms with Crippen LogP contribution in [0.5, 0.6) is 5.75 Å². The Morgan fingerprint density at radius 3 is 2.42 bits per heavy atom. The Labute approximate surface area is 189 Å². The van der Waals surface area contributed by atoms with Gasteiger partial charge in [-0.15, -0.1) is 0 Å². The van der Waals surface area contributed by atoms with Gasteiger partial charge in [0, 0.05) is 23.5 Å². The van der Waals surface area contributed by atoms with E-state index in [9.17, 15) is 14.0 Å². The molecule has 0 bridgehead atoms. The first-order valence-electron chi connectivity index (χ1n) is 10.5. The van der Waals surface area contributed by atoms with Crippen molar-refractivity contribution in [3.8, 4) is 17.1 Å². The molecule has 1 aliphatic rings. The number of aromatic amines is 1. The Morgan fingerprint density at radius 2 is 1.67 bits per heavy atom. The summed E-state index contributed by atoms with van der Waals surface area (Å²) in [7, 11) is 0. The molecule has 0 spiro atoms. The lowest BCUT2D eigenvalue weighted by Crippen LogP contribution is -2.31. The van der Waals surface area contributed by atoms with Crippen molar-refractivity contribution in [3.05, 3.63) is 112 Å². The van der Waals surface area contributed by atoms with E-state index < -0.39 is 5.92 Å². The molecule has 1 aromatic heterocycles. The first-order chi connectivity index (χ1) is 16.1. The van der Waals surface area contributed by atoms with Gasteiger partial charge in [0.05, 0.1) is 5.56 Å². The zero-order valence-corrected chi connectivity index (χ0v) is 17.5. The van der Waals surface area contributed by atoms with Gasteiger partial charge >= 0.3 is 0 Å². The van der Waals surface area contributed by atoms with Gasteiger partial charge < -0.3 is 15.0 Å². The molecule has 2 N–H and O–H groups in total. The third-order valence-corrected chi connectivity index (χ3v) is 5.63. The highest BCUT2D eigenvalue weighted by Gasteiger charge is 2.31. The van der Waals surface area contributed by atoms with E-state index in [0.717, 1.165) is 11.1 Å². The number of aromatic nitrogens is 2. The number of benzene rings is 3. The van der Waals surface area contributed by atoms with Crippen molar-refractivity contribution in [1.29, 1.82) is 0 Å². The number of carbonyl (C=O) groups is 1. The summed E-state index contributed by atoms with van der Waals surface area (Å²) in [5, 5.41) is 2.74. The fourth-order valence-corrected chi connectivity index (χ4v) is 3.96. The topological polar surface area (TPSA) is 84.1 Å². The fourth-order valence-electron chi connectivity index (χ4n) is 3.96. The van der Waals surface area contributed by atoms with Crippen molar-refractivity contribution in [2.24, 2.45) is 0 Å². The Hall–Kier alpha value is -4.26. The molecule has 4 aromatic rings. The minimum Gasteiger partial charge on any atom is -0.489 e. The second-order valence-corrected chi connectivity index (χ2v) is 7.80. The number of H-pyrrole nitrogens is 1. The van der Waals surface area contributed by atoms with Crippen LogP contribution in [-0.2, 0) is 11.4 Å². The summed E-state index contributed by atoms with van der Waals surface area (Å²) in [6, 6.07) is 22.8. The molecule has 7 heteroatoms. The van der Waals surface area contributed by atoms with Crippen LogP contribution in [0.2, 0.25) is 0 Å². The maximum absolute atomic E-state index is 13.8. The van der Waals surface area contributed by atoms with E-state index >= 15 is 0 Å². The number of rotatable bonds is 5. The molecular formula is C26H20FN3O3. The number of carbonyl (C=O) groups excluding carboxylic acids is 1. The van der Waals surface area contributed by atoms with Gasteiger partial charge in [-0.25, -0.2) is 9.37 Å². The molecule has 0 saturated carbocycles. The second-order valence-electron chi connectivity index (χ2n) is 7.80. The van der Waals surface area contributed by atoms with E-state index in [4.69, 9.17) is 4.74 Å². The number of nitrogens with one attached hydrogen (secondary N) is 2. The summed E-state index contributed by atoms with van der Waals surface area (Å²) in [5.41, 5.74) is 2.15. The largest absolute Gasteiger partial charge is 0.489 e. The molecule has 3 aromatic carbocycles. The van der Waals surface area contributed by atoms with Gasteiger partial charge in [0.15, 0.2) is 0 Å². The molecule has 0 saturated heterocycles. The second kappa shape index (κ2) is 8.70. The SMILES string of the molecule is O=C1C[C@@H](c2ccc(OCc3ccccc3F)cc2)c2c(nc(-c3ccccc3)[nH]c2=O)N1. The van der Waals surface area contributed by atoms with Crippen molar-refractivity contribution < 1.29 is 13.9 Å². The van der Waals surface area contributed by atoms with Crippen molar-refractivity contribution in [1.82, 2.24) is 9.97 Å². The Kier molecular flexibility index (Phi) is 5.44. The number of fused-ring (bicyclic) bond motifs is 1. The third-order valence-electron chi connectivity index (χ3n) is 5.63. The van der Waals surface area contributed by atoms with Crippen LogP contribution in [0.3, 0.4) is 0 Å². The average molecular weight is 441 g/mol. The molecule has 1 atom stereocenters. The molecule has 33 heavy (non-hydrogen) atoms. The summed E-state index contributed by atoms with van der Waals surface area (Å²) in [6.07, 6.45) is 0.137. The number of amides is 1. The van der Waals surface area contributed by atoms with Crippen LogP contribution in [0.25, 0.3) is 11.4 Å². The molecule has 6 nitrogen and oxygen atoms in total. The summed E-state index contributed by atoms with van der Waals surface area (Å²) < 4.78 is 19.5. The lowest BCUT2D eigenvalue weighted by molar-refractivity contribution is -0.116. The lowest BCUT2D eigenvalue weighted by Gasteiger charge is -2.24. The normalized spacial score (nSPS) is 14.9. The molecule has 1 aliphatic heterocycles. The molecular weight excluding hydrogens is 421 g/mol. The zero-order chi connectivity index (χ0) is 22.8. The van der Waals surface area contributed by atoms with Gasteiger partial charge in [-0.2, -0.15) is 0 Å². The molecule has 1 amide bonds. The number of halogens is 1. The van der Waals surface area contributed by atoms with Gasteiger partial charge in [-0.3, -0.25) is 9.59 Å². The van der Waals surface area contributed by atoms with Gasteiger partial charge in [-0.1, -0.05) is 60.7 Å². The van der Waals surface area contributed by atoms with Crippen molar-refractivity contribution in [2.75, 3.05) is 5.32 Å². The smallest absolute Gasteiger partial charge is 0.257 e. The maximum atomic E-state index is 13.8. The first kappa shape index (κ1) is 20.6. The monoisotopic (exact) mass is 441 g/mol. The van der Waals surface area contributed by atoms with E-state index in [0.29, 0.717) is 22.7 Å². The van der Waals surface area contributed by atoms with Gasteiger partial charge in [0.25, 0.3) is 5.56 Å². The van der Waals surface area contributed by atoms with E-state index in [1.54, 1.807) is 30.3 Å². The molecule has 0 radical (unpaired) electrons. The molecule has 164 valence electrons. The van der Waals surface area contributed by atoms with Crippen molar-refractivity contribution >= 4 is 11.7 Å².